The minimum Gasteiger partial charge on any atom is -0.316 e. The molecule has 0 bridgehead atoms. The lowest BCUT2D eigenvalue weighted by Gasteiger charge is -2.16. The number of fused-ring (bicyclic) bond motifs is 1. The summed E-state index contributed by atoms with van der Waals surface area (Å²) in [5.41, 5.74) is 2.11. The molecular formula is C16H23N5. The molecule has 2 fully saturated rings. The van der Waals surface area contributed by atoms with Gasteiger partial charge in [0.25, 0.3) is 0 Å². The Hall–Kier alpha value is -1.46. The van der Waals surface area contributed by atoms with Gasteiger partial charge in [-0.2, -0.15) is 0 Å². The Bertz CT molecular complexity index is 629. The van der Waals surface area contributed by atoms with Crippen LogP contribution in [0.3, 0.4) is 0 Å². The van der Waals surface area contributed by atoms with Crippen molar-refractivity contribution in [3.05, 3.63) is 24.2 Å². The molecule has 0 spiro atoms. The van der Waals surface area contributed by atoms with E-state index in [-0.39, 0.29) is 0 Å². The fourth-order valence-corrected chi connectivity index (χ4v) is 3.78. The van der Waals surface area contributed by atoms with Gasteiger partial charge in [-0.25, -0.2) is 9.97 Å². The van der Waals surface area contributed by atoms with E-state index in [1.165, 1.54) is 31.8 Å². The van der Waals surface area contributed by atoms with Crippen LogP contribution in [0.1, 0.15) is 24.6 Å². The number of rotatable bonds is 3. The molecule has 1 N–H and O–H groups in total. The van der Waals surface area contributed by atoms with Crippen molar-refractivity contribution in [1.82, 2.24) is 24.8 Å². The summed E-state index contributed by atoms with van der Waals surface area (Å²) in [6.07, 6.45) is 4.36. The van der Waals surface area contributed by atoms with Crippen LogP contribution >= 0.6 is 0 Å². The van der Waals surface area contributed by atoms with Crippen molar-refractivity contribution in [2.75, 3.05) is 33.2 Å². The van der Waals surface area contributed by atoms with E-state index in [1.807, 2.05) is 12.3 Å². The first kappa shape index (κ1) is 13.2. The predicted molar refractivity (Wildman–Crippen MR) is 83.4 cm³/mol. The van der Waals surface area contributed by atoms with E-state index in [0.717, 1.165) is 36.7 Å². The number of likely N-dealkylation sites (tertiary alicyclic amines) is 1. The Kier molecular flexibility index (Phi) is 3.39. The predicted octanol–water partition coefficient (Wildman–Crippen LogP) is 1.46. The summed E-state index contributed by atoms with van der Waals surface area (Å²) in [7, 11) is 2.21. The molecule has 112 valence electrons. The first-order chi connectivity index (χ1) is 10.3. The van der Waals surface area contributed by atoms with E-state index >= 15 is 0 Å². The lowest BCUT2D eigenvalue weighted by Crippen LogP contribution is -2.20. The molecule has 0 saturated carbocycles. The van der Waals surface area contributed by atoms with Crippen molar-refractivity contribution in [3.8, 4) is 0 Å². The lowest BCUT2D eigenvalue weighted by atomic mass is 10.1. The van der Waals surface area contributed by atoms with Crippen molar-refractivity contribution in [2.24, 2.45) is 5.92 Å². The zero-order valence-corrected chi connectivity index (χ0v) is 12.6. The van der Waals surface area contributed by atoms with E-state index in [9.17, 15) is 0 Å². The lowest BCUT2D eigenvalue weighted by molar-refractivity contribution is 0.376. The number of nitrogens with one attached hydrogen (secondary N) is 1. The highest BCUT2D eigenvalue weighted by atomic mass is 15.2. The van der Waals surface area contributed by atoms with E-state index in [1.54, 1.807) is 0 Å². The molecule has 0 aromatic carbocycles. The van der Waals surface area contributed by atoms with Crippen LogP contribution in [0.25, 0.3) is 11.2 Å². The second kappa shape index (κ2) is 5.39. The largest absolute Gasteiger partial charge is 0.316 e. The smallest absolute Gasteiger partial charge is 0.160 e. The third kappa shape index (κ3) is 2.45. The number of hydrogen-bond acceptors (Lipinski definition) is 4. The molecule has 4 rings (SSSR count). The second-order valence-corrected chi connectivity index (χ2v) is 6.53. The summed E-state index contributed by atoms with van der Waals surface area (Å²) >= 11 is 0. The second-order valence-electron chi connectivity index (χ2n) is 6.53. The summed E-state index contributed by atoms with van der Waals surface area (Å²) in [5.74, 6) is 2.50. The third-order valence-electron chi connectivity index (χ3n) is 4.89. The molecule has 4 heterocycles. The van der Waals surface area contributed by atoms with Crippen LogP contribution in [-0.4, -0.2) is 52.7 Å². The van der Waals surface area contributed by atoms with E-state index < -0.39 is 0 Å². The quantitative estimate of drug-likeness (QED) is 0.927. The number of pyridine rings is 1. The van der Waals surface area contributed by atoms with E-state index in [2.05, 4.69) is 32.9 Å². The minimum atomic E-state index is 0.540. The van der Waals surface area contributed by atoms with Gasteiger partial charge in [0, 0.05) is 31.7 Å². The van der Waals surface area contributed by atoms with Gasteiger partial charge >= 0.3 is 0 Å². The molecule has 2 aromatic heterocycles. The molecule has 2 aliphatic rings. The number of imidazole rings is 1. The maximum absolute atomic E-state index is 4.90. The van der Waals surface area contributed by atoms with Crippen molar-refractivity contribution >= 4 is 11.2 Å². The molecule has 2 aliphatic heterocycles. The van der Waals surface area contributed by atoms with Gasteiger partial charge in [0.05, 0.1) is 0 Å². The van der Waals surface area contributed by atoms with Gasteiger partial charge in [-0.05, 0) is 51.0 Å². The Balaban J connectivity index is 1.71. The van der Waals surface area contributed by atoms with Crippen LogP contribution in [0.4, 0.5) is 0 Å². The first-order valence-corrected chi connectivity index (χ1v) is 8.01. The molecule has 0 aliphatic carbocycles. The summed E-state index contributed by atoms with van der Waals surface area (Å²) in [6.45, 7) is 5.62. The Morgan fingerprint density at radius 3 is 3.10 bits per heavy atom. The molecule has 0 amide bonds. The highest BCUT2D eigenvalue weighted by Gasteiger charge is 2.27. The third-order valence-corrected chi connectivity index (χ3v) is 4.89. The Morgan fingerprint density at radius 1 is 1.38 bits per heavy atom. The fourth-order valence-electron chi connectivity index (χ4n) is 3.78. The van der Waals surface area contributed by atoms with E-state index in [4.69, 9.17) is 4.98 Å². The summed E-state index contributed by atoms with van der Waals surface area (Å²) in [6, 6.07) is 4.07. The SMILES string of the molecule is CN1CCC(Cn2c(C3CCNC3)nc3cccnc32)C1. The van der Waals surface area contributed by atoms with Gasteiger partial charge in [0.2, 0.25) is 0 Å². The number of hydrogen-bond donors (Lipinski definition) is 1. The van der Waals surface area contributed by atoms with Gasteiger partial charge in [0.1, 0.15) is 11.3 Å². The molecule has 2 atom stereocenters. The van der Waals surface area contributed by atoms with Crippen molar-refractivity contribution < 1.29 is 0 Å². The molecule has 5 nitrogen and oxygen atoms in total. The van der Waals surface area contributed by atoms with E-state index in [0.29, 0.717) is 5.92 Å². The normalized spacial score (nSPS) is 26.9. The summed E-state index contributed by atoms with van der Waals surface area (Å²) in [5, 5.41) is 3.46. The highest BCUT2D eigenvalue weighted by Crippen LogP contribution is 2.27. The molecular weight excluding hydrogens is 262 g/mol. The van der Waals surface area contributed by atoms with Gasteiger partial charge in [0.15, 0.2) is 5.65 Å². The zero-order valence-electron chi connectivity index (χ0n) is 12.6. The Morgan fingerprint density at radius 2 is 2.33 bits per heavy atom. The summed E-state index contributed by atoms with van der Waals surface area (Å²) in [4.78, 5) is 11.9. The molecule has 2 aromatic rings. The van der Waals surface area contributed by atoms with Crippen LogP contribution in [0.15, 0.2) is 18.3 Å². The first-order valence-electron chi connectivity index (χ1n) is 8.01. The summed E-state index contributed by atoms with van der Waals surface area (Å²) < 4.78 is 2.40. The fraction of sp³-hybridized carbons (Fsp3) is 0.625. The van der Waals surface area contributed by atoms with Crippen LogP contribution in [-0.2, 0) is 6.54 Å². The monoisotopic (exact) mass is 285 g/mol. The average molecular weight is 285 g/mol. The highest BCUT2D eigenvalue weighted by molar-refractivity contribution is 5.71. The molecule has 5 heteroatoms. The number of nitrogens with zero attached hydrogens (tertiary/aromatic N) is 4. The molecule has 21 heavy (non-hydrogen) atoms. The van der Waals surface area contributed by atoms with Gasteiger partial charge < -0.3 is 14.8 Å². The minimum absolute atomic E-state index is 0.540. The van der Waals surface area contributed by atoms with Gasteiger partial charge in [-0.1, -0.05) is 0 Å². The standard InChI is InChI=1S/C16H23N5/c1-20-8-5-12(10-20)11-21-15(13-4-7-17-9-13)19-14-3-2-6-18-16(14)21/h2-3,6,12-13,17H,4-5,7-11H2,1H3. The Labute approximate surface area is 125 Å². The number of aromatic nitrogens is 3. The van der Waals surface area contributed by atoms with Crippen molar-refractivity contribution in [3.63, 3.8) is 0 Å². The van der Waals surface area contributed by atoms with Crippen molar-refractivity contribution in [1.29, 1.82) is 0 Å². The average Bonchev–Trinajstić information content (AvgIpc) is 3.20. The van der Waals surface area contributed by atoms with Crippen LogP contribution in [0.5, 0.6) is 0 Å². The van der Waals surface area contributed by atoms with Crippen LogP contribution in [0, 0.1) is 5.92 Å². The topological polar surface area (TPSA) is 46.0 Å². The van der Waals surface area contributed by atoms with Gasteiger partial charge in [-0.15, -0.1) is 0 Å². The zero-order chi connectivity index (χ0) is 14.2. The maximum atomic E-state index is 4.90. The van der Waals surface area contributed by atoms with Crippen LogP contribution < -0.4 is 5.32 Å². The molecule has 2 saturated heterocycles. The molecule has 2 unspecified atom stereocenters. The van der Waals surface area contributed by atoms with Gasteiger partial charge in [-0.3, -0.25) is 0 Å². The van der Waals surface area contributed by atoms with Crippen LogP contribution in [0.2, 0.25) is 0 Å². The maximum Gasteiger partial charge on any atom is 0.160 e. The molecule has 0 radical (unpaired) electrons. The van der Waals surface area contributed by atoms with Crippen molar-refractivity contribution in [2.45, 2.75) is 25.3 Å².